The van der Waals surface area contributed by atoms with Crippen LogP contribution in [0.1, 0.15) is 35.0 Å². The lowest BCUT2D eigenvalue weighted by molar-refractivity contribution is 0.0520. The monoisotopic (exact) mass is 284 g/mol. The van der Waals surface area contributed by atoms with Crippen LogP contribution in [-0.2, 0) is 4.74 Å². The second kappa shape index (κ2) is 5.74. The molecular weight excluding hydrogens is 264 g/mol. The third-order valence-electron chi connectivity index (χ3n) is 3.82. The van der Waals surface area contributed by atoms with Gasteiger partial charge in [0.2, 0.25) is 0 Å². The van der Waals surface area contributed by atoms with Crippen molar-refractivity contribution in [1.29, 1.82) is 0 Å². The number of benzene rings is 1. The molecule has 2 heterocycles. The highest BCUT2D eigenvalue weighted by Gasteiger charge is 2.22. The minimum atomic E-state index is -0.277. The van der Waals surface area contributed by atoms with Crippen LogP contribution >= 0.6 is 0 Å². The van der Waals surface area contributed by atoms with E-state index in [1.807, 2.05) is 19.1 Å². The zero-order chi connectivity index (χ0) is 14.8. The lowest BCUT2D eigenvalue weighted by Gasteiger charge is -2.15. The summed E-state index contributed by atoms with van der Waals surface area (Å²) in [6.45, 7) is 6.06. The molecule has 1 aliphatic rings. The van der Waals surface area contributed by atoms with Gasteiger partial charge >= 0.3 is 5.97 Å². The van der Waals surface area contributed by atoms with Crippen LogP contribution in [0.3, 0.4) is 0 Å². The minimum absolute atomic E-state index is 0.277. The molecule has 110 valence electrons. The Kier molecular flexibility index (Phi) is 3.80. The molecule has 4 heteroatoms. The number of carbonyl (C=O) groups excluding carboxylic acids is 1. The van der Waals surface area contributed by atoms with E-state index in [9.17, 15) is 4.79 Å². The van der Waals surface area contributed by atoms with Crippen LogP contribution < -0.4 is 5.32 Å². The zero-order valence-electron chi connectivity index (χ0n) is 12.5. The molecule has 0 radical (unpaired) electrons. The molecule has 3 rings (SSSR count). The number of ether oxygens (including phenoxy) is 1. The Hall–Kier alpha value is -2.07. The molecule has 2 aromatic rings. The molecule has 0 saturated heterocycles. The number of esters is 1. The van der Waals surface area contributed by atoms with E-state index in [4.69, 9.17) is 4.74 Å². The van der Waals surface area contributed by atoms with Crippen LogP contribution in [0.15, 0.2) is 24.3 Å². The van der Waals surface area contributed by atoms with Crippen molar-refractivity contribution in [3.05, 3.63) is 41.1 Å². The highest BCUT2D eigenvalue weighted by atomic mass is 16.5. The van der Waals surface area contributed by atoms with Crippen molar-refractivity contribution in [2.24, 2.45) is 0 Å². The van der Waals surface area contributed by atoms with E-state index in [2.05, 4.69) is 29.4 Å². The maximum atomic E-state index is 12.3. The first-order chi connectivity index (χ1) is 10.2. The third kappa shape index (κ3) is 2.59. The molecule has 0 atom stereocenters. The zero-order valence-corrected chi connectivity index (χ0v) is 12.5. The average molecular weight is 284 g/mol. The van der Waals surface area contributed by atoms with Gasteiger partial charge in [0.15, 0.2) is 0 Å². The lowest BCUT2D eigenvalue weighted by Crippen LogP contribution is -2.20. The third-order valence-corrected chi connectivity index (χ3v) is 3.82. The van der Waals surface area contributed by atoms with Crippen molar-refractivity contribution in [2.75, 3.05) is 19.7 Å². The molecule has 0 fully saturated rings. The van der Waals surface area contributed by atoms with Crippen LogP contribution in [-0.4, -0.2) is 30.6 Å². The van der Waals surface area contributed by atoms with Crippen molar-refractivity contribution in [1.82, 2.24) is 10.3 Å². The summed E-state index contributed by atoms with van der Waals surface area (Å²) < 4.78 is 5.21. The summed E-state index contributed by atoms with van der Waals surface area (Å²) >= 11 is 0. The lowest BCUT2D eigenvalue weighted by atomic mass is 9.96. The van der Waals surface area contributed by atoms with Crippen molar-refractivity contribution in [3.63, 3.8) is 0 Å². The number of nitrogens with one attached hydrogen (secondary N) is 2. The normalized spacial score (nSPS) is 15.0. The second-order valence-electron chi connectivity index (χ2n) is 5.33. The number of fused-ring (bicyclic) bond motifs is 1. The number of rotatable bonds is 3. The minimum Gasteiger partial charge on any atom is -0.461 e. The van der Waals surface area contributed by atoms with Crippen LogP contribution in [0.4, 0.5) is 0 Å². The van der Waals surface area contributed by atoms with Crippen molar-refractivity contribution < 1.29 is 9.53 Å². The van der Waals surface area contributed by atoms with E-state index < -0.39 is 0 Å². The van der Waals surface area contributed by atoms with Gasteiger partial charge < -0.3 is 15.0 Å². The summed E-state index contributed by atoms with van der Waals surface area (Å²) in [5.74, 6) is -0.277. The fraction of sp³-hybridized carbons (Fsp3) is 0.353. The molecule has 0 aliphatic carbocycles. The Morgan fingerprint density at radius 3 is 2.95 bits per heavy atom. The number of hydrogen-bond acceptors (Lipinski definition) is 3. The fourth-order valence-corrected chi connectivity index (χ4v) is 2.85. The first kappa shape index (κ1) is 13.9. The van der Waals surface area contributed by atoms with E-state index in [-0.39, 0.29) is 5.97 Å². The maximum absolute atomic E-state index is 12.3. The van der Waals surface area contributed by atoms with Crippen LogP contribution in [0, 0.1) is 6.92 Å². The van der Waals surface area contributed by atoms with Crippen molar-refractivity contribution >= 4 is 22.4 Å². The topological polar surface area (TPSA) is 54.1 Å². The summed E-state index contributed by atoms with van der Waals surface area (Å²) in [5.41, 5.74) is 4.97. The Morgan fingerprint density at radius 2 is 2.24 bits per heavy atom. The molecule has 0 bridgehead atoms. The number of H-pyrrole nitrogens is 1. The molecule has 1 aliphatic heterocycles. The highest BCUT2D eigenvalue weighted by Crippen LogP contribution is 2.32. The van der Waals surface area contributed by atoms with Crippen LogP contribution in [0.25, 0.3) is 16.5 Å². The van der Waals surface area contributed by atoms with Crippen LogP contribution in [0.2, 0.25) is 0 Å². The molecule has 2 N–H and O–H groups in total. The van der Waals surface area contributed by atoms with Gasteiger partial charge in [-0.25, -0.2) is 4.79 Å². The van der Waals surface area contributed by atoms with Gasteiger partial charge in [0, 0.05) is 23.0 Å². The summed E-state index contributed by atoms with van der Waals surface area (Å²) in [4.78, 5) is 15.5. The van der Waals surface area contributed by atoms with Crippen molar-refractivity contribution in [3.8, 4) is 0 Å². The first-order valence-electron chi connectivity index (χ1n) is 7.40. The summed E-state index contributed by atoms with van der Waals surface area (Å²) in [6, 6.07) is 6.21. The largest absolute Gasteiger partial charge is 0.461 e. The molecule has 0 amide bonds. The maximum Gasteiger partial charge on any atom is 0.355 e. The van der Waals surface area contributed by atoms with Crippen LogP contribution in [0.5, 0.6) is 0 Å². The summed E-state index contributed by atoms with van der Waals surface area (Å²) in [5, 5.41) is 4.41. The molecule has 21 heavy (non-hydrogen) atoms. The SMILES string of the molecule is CCOC(=O)c1[nH]c2ccc(C)cc2c1C1=CCNCC1. The Balaban J connectivity index is 2.21. The van der Waals surface area contributed by atoms with Gasteiger partial charge in [-0.05, 0) is 44.5 Å². The Labute approximate surface area is 124 Å². The smallest absolute Gasteiger partial charge is 0.355 e. The molecule has 0 spiro atoms. The molecule has 0 unspecified atom stereocenters. The van der Waals surface area contributed by atoms with Crippen molar-refractivity contribution in [2.45, 2.75) is 20.3 Å². The Bertz CT molecular complexity index is 713. The highest BCUT2D eigenvalue weighted by molar-refractivity contribution is 6.05. The molecule has 4 nitrogen and oxygen atoms in total. The van der Waals surface area contributed by atoms with E-state index in [0.29, 0.717) is 12.3 Å². The molecule has 0 saturated carbocycles. The summed E-state index contributed by atoms with van der Waals surface area (Å²) in [7, 11) is 0. The van der Waals surface area contributed by atoms with Gasteiger partial charge in [-0.3, -0.25) is 0 Å². The van der Waals surface area contributed by atoms with Gasteiger partial charge in [0.05, 0.1) is 6.61 Å². The predicted molar refractivity (Wildman–Crippen MR) is 84.5 cm³/mol. The van der Waals surface area contributed by atoms with Gasteiger partial charge in [0.1, 0.15) is 5.69 Å². The van der Waals surface area contributed by atoms with E-state index in [1.165, 1.54) is 11.1 Å². The first-order valence-corrected chi connectivity index (χ1v) is 7.40. The van der Waals surface area contributed by atoms with Gasteiger partial charge in [-0.15, -0.1) is 0 Å². The Morgan fingerprint density at radius 1 is 1.38 bits per heavy atom. The number of hydrogen-bond donors (Lipinski definition) is 2. The molecular formula is C17H20N2O2. The summed E-state index contributed by atoms with van der Waals surface area (Å²) in [6.07, 6.45) is 3.09. The average Bonchev–Trinajstić information content (AvgIpc) is 2.87. The second-order valence-corrected chi connectivity index (χ2v) is 5.33. The molecule has 1 aromatic carbocycles. The van der Waals surface area contributed by atoms with Gasteiger partial charge in [-0.1, -0.05) is 17.7 Å². The van der Waals surface area contributed by atoms with Gasteiger partial charge in [0.25, 0.3) is 0 Å². The van der Waals surface area contributed by atoms with E-state index >= 15 is 0 Å². The standard InChI is InChI=1S/C17H20N2O2/c1-3-21-17(20)16-15(12-6-8-18-9-7-12)13-10-11(2)4-5-14(13)19-16/h4-6,10,18-19H,3,7-9H2,1-2H3. The predicted octanol–water partition coefficient (Wildman–Crippen LogP) is 3.03. The number of aryl methyl sites for hydroxylation is 1. The number of aromatic amines is 1. The number of carbonyl (C=O) groups is 1. The van der Waals surface area contributed by atoms with E-state index in [0.717, 1.165) is 36.0 Å². The fourth-order valence-electron chi connectivity index (χ4n) is 2.85. The quantitative estimate of drug-likeness (QED) is 0.852. The van der Waals surface area contributed by atoms with E-state index in [1.54, 1.807) is 0 Å². The molecule has 1 aromatic heterocycles. The van der Waals surface area contributed by atoms with Gasteiger partial charge in [-0.2, -0.15) is 0 Å². The number of aromatic nitrogens is 1.